The first-order valence-corrected chi connectivity index (χ1v) is 3.22. The first-order valence-electron chi connectivity index (χ1n) is 3.22. The molecular formula is C8H9NO2. The van der Waals surface area contributed by atoms with Crippen molar-refractivity contribution < 1.29 is 9.88 Å². The monoisotopic (exact) mass is 151 g/mol. The predicted octanol–water partition coefficient (Wildman–Crippen LogP) is 1.60. The van der Waals surface area contributed by atoms with Crippen molar-refractivity contribution in [1.29, 1.82) is 0 Å². The van der Waals surface area contributed by atoms with Gasteiger partial charge in [-0.3, -0.25) is 0 Å². The molecule has 0 aliphatic carbocycles. The van der Waals surface area contributed by atoms with E-state index in [4.69, 9.17) is 0 Å². The SMILES string of the molecule is COO/N=C\c1ccccc1. The molecule has 0 fully saturated rings. The molecule has 0 aromatic heterocycles. The maximum Gasteiger partial charge on any atom is 0.0856 e. The van der Waals surface area contributed by atoms with Gasteiger partial charge in [0.05, 0.1) is 13.3 Å². The molecule has 1 aromatic rings. The number of nitrogens with zero attached hydrogens (tertiary/aromatic N) is 1. The zero-order valence-corrected chi connectivity index (χ0v) is 6.23. The summed E-state index contributed by atoms with van der Waals surface area (Å²) in [6.45, 7) is 0. The second-order valence-corrected chi connectivity index (χ2v) is 1.89. The highest BCUT2D eigenvalue weighted by Crippen LogP contribution is 1.93. The van der Waals surface area contributed by atoms with E-state index in [0.717, 1.165) is 5.56 Å². The van der Waals surface area contributed by atoms with Crippen LogP contribution in [0.25, 0.3) is 0 Å². The van der Waals surface area contributed by atoms with E-state index < -0.39 is 0 Å². The molecule has 3 nitrogen and oxygen atoms in total. The molecule has 0 aliphatic heterocycles. The molecule has 0 saturated heterocycles. The van der Waals surface area contributed by atoms with Gasteiger partial charge in [0.15, 0.2) is 0 Å². The lowest BCUT2D eigenvalue weighted by Crippen LogP contribution is -1.82. The topological polar surface area (TPSA) is 30.8 Å². The Hall–Kier alpha value is -1.35. The van der Waals surface area contributed by atoms with Crippen LogP contribution in [0.5, 0.6) is 0 Å². The quantitative estimate of drug-likeness (QED) is 0.373. The van der Waals surface area contributed by atoms with Crippen molar-refractivity contribution in [2.75, 3.05) is 7.11 Å². The second-order valence-electron chi connectivity index (χ2n) is 1.89. The van der Waals surface area contributed by atoms with Gasteiger partial charge >= 0.3 is 0 Å². The molecule has 0 amide bonds. The second kappa shape index (κ2) is 4.46. The van der Waals surface area contributed by atoms with Crippen molar-refractivity contribution in [2.24, 2.45) is 5.16 Å². The standard InChI is InChI=1S/C8H9NO2/c1-10-11-9-7-8-5-3-2-4-6-8/h2-7H,1H3/b9-7-. The zero-order chi connectivity index (χ0) is 7.94. The molecule has 0 saturated carbocycles. The molecule has 58 valence electrons. The van der Waals surface area contributed by atoms with Crippen molar-refractivity contribution in [3.8, 4) is 0 Å². The van der Waals surface area contributed by atoms with Crippen LogP contribution >= 0.6 is 0 Å². The van der Waals surface area contributed by atoms with Gasteiger partial charge in [-0.25, -0.2) is 4.99 Å². The van der Waals surface area contributed by atoms with E-state index >= 15 is 0 Å². The van der Waals surface area contributed by atoms with Crippen LogP contribution < -0.4 is 0 Å². The van der Waals surface area contributed by atoms with Gasteiger partial charge in [-0.05, 0) is 5.56 Å². The summed E-state index contributed by atoms with van der Waals surface area (Å²) in [5.41, 5.74) is 0.976. The number of hydrogen-bond acceptors (Lipinski definition) is 3. The van der Waals surface area contributed by atoms with Gasteiger partial charge in [-0.15, -0.1) is 0 Å². The lowest BCUT2D eigenvalue weighted by atomic mass is 10.2. The fraction of sp³-hybridized carbons (Fsp3) is 0.125. The first kappa shape index (κ1) is 7.75. The van der Waals surface area contributed by atoms with E-state index in [9.17, 15) is 0 Å². The van der Waals surface area contributed by atoms with Crippen LogP contribution in [0.1, 0.15) is 5.56 Å². The van der Waals surface area contributed by atoms with Gasteiger partial charge in [0.25, 0.3) is 0 Å². The molecule has 0 bridgehead atoms. The van der Waals surface area contributed by atoms with E-state index in [0.29, 0.717) is 0 Å². The molecule has 0 aliphatic rings. The van der Waals surface area contributed by atoms with Gasteiger partial charge in [-0.2, -0.15) is 4.89 Å². The Morgan fingerprint density at radius 2 is 2.00 bits per heavy atom. The molecule has 0 spiro atoms. The fourth-order valence-corrected chi connectivity index (χ4v) is 0.665. The average molecular weight is 151 g/mol. The zero-order valence-electron chi connectivity index (χ0n) is 6.23. The Morgan fingerprint density at radius 1 is 1.27 bits per heavy atom. The van der Waals surface area contributed by atoms with Gasteiger partial charge in [0.1, 0.15) is 0 Å². The number of hydrogen-bond donors (Lipinski definition) is 0. The lowest BCUT2D eigenvalue weighted by Gasteiger charge is -1.89. The molecule has 0 heterocycles. The number of benzene rings is 1. The average Bonchev–Trinajstić information content (AvgIpc) is 2.07. The minimum Gasteiger partial charge on any atom is -0.221 e. The van der Waals surface area contributed by atoms with Gasteiger partial charge in [0.2, 0.25) is 0 Å². The van der Waals surface area contributed by atoms with E-state index in [2.05, 4.69) is 15.0 Å². The smallest absolute Gasteiger partial charge is 0.0856 e. The molecule has 0 radical (unpaired) electrons. The van der Waals surface area contributed by atoms with Crippen molar-refractivity contribution in [3.05, 3.63) is 35.9 Å². The Labute approximate surface area is 65.2 Å². The van der Waals surface area contributed by atoms with Crippen molar-refractivity contribution in [1.82, 2.24) is 0 Å². The molecule has 0 N–H and O–H groups in total. The number of rotatable bonds is 3. The van der Waals surface area contributed by atoms with Crippen molar-refractivity contribution in [2.45, 2.75) is 0 Å². The largest absolute Gasteiger partial charge is 0.221 e. The summed E-state index contributed by atoms with van der Waals surface area (Å²) in [4.78, 5) is 8.57. The maximum atomic E-state index is 4.31. The lowest BCUT2D eigenvalue weighted by molar-refractivity contribution is -0.272. The van der Waals surface area contributed by atoms with Crippen LogP contribution in [0, 0.1) is 0 Å². The predicted molar refractivity (Wildman–Crippen MR) is 42.1 cm³/mol. The Morgan fingerprint density at radius 3 is 2.64 bits per heavy atom. The normalized spacial score (nSPS) is 10.3. The third-order valence-electron chi connectivity index (χ3n) is 1.12. The summed E-state index contributed by atoms with van der Waals surface area (Å²) in [6, 6.07) is 9.63. The van der Waals surface area contributed by atoms with Crippen LogP contribution in [0.2, 0.25) is 0 Å². The van der Waals surface area contributed by atoms with E-state index in [1.165, 1.54) is 7.11 Å². The van der Waals surface area contributed by atoms with Gasteiger partial charge < -0.3 is 0 Å². The molecule has 11 heavy (non-hydrogen) atoms. The maximum absolute atomic E-state index is 4.31. The third kappa shape index (κ3) is 2.82. The molecule has 3 heteroatoms. The first-order chi connectivity index (χ1) is 5.43. The molecule has 0 atom stereocenters. The highest BCUT2D eigenvalue weighted by atomic mass is 17.3. The van der Waals surface area contributed by atoms with Crippen LogP contribution in [0.15, 0.2) is 35.5 Å². The third-order valence-corrected chi connectivity index (χ3v) is 1.12. The molecular weight excluding hydrogens is 142 g/mol. The van der Waals surface area contributed by atoms with Gasteiger partial charge in [0, 0.05) is 0 Å². The highest BCUT2D eigenvalue weighted by molar-refractivity contribution is 5.78. The van der Waals surface area contributed by atoms with Crippen LogP contribution in [0.3, 0.4) is 0 Å². The molecule has 1 aromatic carbocycles. The van der Waals surface area contributed by atoms with Gasteiger partial charge in [-0.1, -0.05) is 35.5 Å². The van der Waals surface area contributed by atoms with Crippen LogP contribution in [-0.4, -0.2) is 13.3 Å². The minimum atomic E-state index is 0.976. The van der Waals surface area contributed by atoms with E-state index in [1.54, 1.807) is 6.21 Å². The summed E-state index contributed by atoms with van der Waals surface area (Å²) >= 11 is 0. The van der Waals surface area contributed by atoms with Crippen molar-refractivity contribution >= 4 is 6.21 Å². The molecule has 1 rings (SSSR count). The summed E-state index contributed by atoms with van der Waals surface area (Å²) in [6.07, 6.45) is 1.57. The molecule has 0 unspecified atom stereocenters. The summed E-state index contributed by atoms with van der Waals surface area (Å²) in [7, 11) is 1.41. The fourth-order valence-electron chi connectivity index (χ4n) is 0.665. The summed E-state index contributed by atoms with van der Waals surface area (Å²) in [5.74, 6) is 0. The summed E-state index contributed by atoms with van der Waals surface area (Å²) < 4.78 is 0. The summed E-state index contributed by atoms with van der Waals surface area (Å²) in [5, 5.41) is 3.51. The highest BCUT2D eigenvalue weighted by Gasteiger charge is 1.82. The van der Waals surface area contributed by atoms with E-state index in [1.807, 2.05) is 30.3 Å². The number of oxime groups is 1. The van der Waals surface area contributed by atoms with Crippen molar-refractivity contribution in [3.63, 3.8) is 0 Å². The van der Waals surface area contributed by atoms with Crippen LogP contribution in [-0.2, 0) is 9.88 Å². The Bertz CT molecular complexity index is 221. The van der Waals surface area contributed by atoms with E-state index in [-0.39, 0.29) is 0 Å². The Balaban J connectivity index is 2.50. The Kier molecular flexibility index (Phi) is 3.15. The van der Waals surface area contributed by atoms with Crippen LogP contribution in [0.4, 0.5) is 0 Å². The minimum absolute atomic E-state index is 0.976.